The number of amides is 3. The number of urea groups is 1. The summed E-state index contributed by atoms with van der Waals surface area (Å²) < 4.78 is 51.0. The molecule has 0 unspecified atom stereocenters. The summed E-state index contributed by atoms with van der Waals surface area (Å²) in [5.41, 5.74) is -0.126. The Bertz CT molecular complexity index is 1420. The first-order valence-electron chi connectivity index (χ1n) is 13.2. The Labute approximate surface area is 204 Å². The molecule has 3 aromatic heterocycles. The highest BCUT2D eigenvalue weighted by atomic mass is 16.5. The average molecular weight is 473 g/mol. The van der Waals surface area contributed by atoms with Gasteiger partial charge in [0, 0.05) is 53.6 Å². The van der Waals surface area contributed by atoms with Crippen LogP contribution in [0.2, 0.25) is 0 Å². The Kier molecular flexibility index (Phi) is 4.47. The van der Waals surface area contributed by atoms with Crippen molar-refractivity contribution >= 4 is 29.3 Å². The van der Waals surface area contributed by atoms with Crippen LogP contribution in [0.1, 0.15) is 32.6 Å². The molecule has 1 fully saturated rings. The van der Waals surface area contributed by atoms with Crippen LogP contribution < -0.4 is 20.3 Å². The maximum absolute atomic E-state index is 12.9. The number of carbonyl (C=O) groups is 2. The van der Waals surface area contributed by atoms with E-state index in [-0.39, 0.29) is 52.2 Å². The molecule has 0 radical (unpaired) electrons. The highest BCUT2D eigenvalue weighted by Gasteiger charge is 2.33. The maximum atomic E-state index is 12.9. The van der Waals surface area contributed by atoms with Crippen molar-refractivity contribution in [1.29, 1.82) is 0 Å². The normalized spacial score (nSPS) is 16.9. The van der Waals surface area contributed by atoms with E-state index in [0.717, 1.165) is 11.0 Å². The predicted molar refractivity (Wildman–Crippen MR) is 124 cm³/mol. The van der Waals surface area contributed by atoms with E-state index >= 15 is 0 Å². The fourth-order valence-electron chi connectivity index (χ4n) is 3.52. The minimum atomic E-state index is -2.81. The van der Waals surface area contributed by atoms with Gasteiger partial charge >= 0.3 is 6.03 Å². The van der Waals surface area contributed by atoms with Crippen LogP contribution in [-0.2, 0) is 6.98 Å². The van der Waals surface area contributed by atoms with Crippen molar-refractivity contribution in [3.8, 4) is 17.1 Å². The van der Waals surface area contributed by atoms with E-state index in [1.807, 2.05) is 19.2 Å². The number of hydrogen-bond acceptors (Lipinski definition) is 9. The second-order valence-electron chi connectivity index (χ2n) is 7.52. The number of aromatic nitrogens is 6. The lowest BCUT2D eigenvalue weighted by Gasteiger charge is -2.21. The zero-order valence-corrected chi connectivity index (χ0v) is 18.6. The summed E-state index contributed by atoms with van der Waals surface area (Å²) in [5.74, 6) is -0.761. The molecule has 0 saturated carbocycles. The maximum Gasteiger partial charge on any atom is 0.326 e. The zero-order chi connectivity index (χ0) is 29.4. The number of aryl methyl sites for hydroxylation is 1. The molecule has 0 aliphatic carbocycles. The van der Waals surface area contributed by atoms with Crippen LogP contribution in [-0.4, -0.2) is 80.0 Å². The number of nitrogens with one attached hydrogen (secondary N) is 2. The fourth-order valence-corrected chi connectivity index (χ4v) is 3.52. The van der Waals surface area contributed by atoms with Crippen LogP contribution >= 0.6 is 0 Å². The van der Waals surface area contributed by atoms with Gasteiger partial charge in [0.2, 0.25) is 0 Å². The number of methoxy groups -OCH3 is 1. The smallest absolute Gasteiger partial charge is 0.326 e. The van der Waals surface area contributed by atoms with Crippen molar-refractivity contribution in [1.82, 2.24) is 40.2 Å². The van der Waals surface area contributed by atoms with Crippen molar-refractivity contribution in [2.24, 2.45) is 6.98 Å². The molecule has 1 aliphatic rings. The second kappa shape index (κ2) is 9.29. The summed E-state index contributed by atoms with van der Waals surface area (Å²) in [6.45, 7) is -0.821. The Morgan fingerprint density at radius 3 is 2.79 bits per heavy atom. The average Bonchev–Trinajstić information content (AvgIpc) is 3.50. The van der Waals surface area contributed by atoms with E-state index in [9.17, 15) is 9.59 Å². The number of hydrogen-bond donors (Lipinski definition) is 2. The molecule has 0 aromatic carbocycles. The molecular weight excluding hydrogens is 440 g/mol. The molecule has 0 bridgehead atoms. The van der Waals surface area contributed by atoms with Gasteiger partial charge in [0.1, 0.15) is 6.33 Å². The zero-order valence-electron chi connectivity index (χ0n) is 24.6. The molecule has 178 valence electrons. The van der Waals surface area contributed by atoms with Gasteiger partial charge in [-0.15, -0.1) is 10.2 Å². The minimum absolute atomic E-state index is 0.0218. The van der Waals surface area contributed by atoms with Crippen molar-refractivity contribution < 1.29 is 22.6 Å². The van der Waals surface area contributed by atoms with Crippen LogP contribution in [0.3, 0.4) is 0 Å². The van der Waals surface area contributed by atoms with E-state index in [1.54, 1.807) is 4.90 Å². The van der Waals surface area contributed by atoms with Crippen molar-refractivity contribution in [3.63, 3.8) is 0 Å². The number of rotatable bonds is 7. The van der Waals surface area contributed by atoms with Crippen molar-refractivity contribution in [3.05, 3.63) is 30.4 Å². The van der Waals surface area contributed by atoms with E-state index < -0.39 is 19.9 Å². The predicted octanol–water partition coefficient (Wildman–Crippen LogP) is 1.43. The third-order valence-corrected chi connectivity index (χ3v) is 5.15. The highest BCUT2D eigenvalue weighted by Crippen LogP contribution is 2.35. The third kappa shape index (κ3) is 4.19. The molecule has 4 rings (SSSR count). The Balaban J connectivity index is 1.77. The number of carbonyl (C=O) groups excluding carboxylic acids is 2. The van der Waals surface area contributed by atoms with Gasteiger partial charge < -0.3 is 20.3 Å². The quantitative estimate of drug-likeness (QED) is 0.522. The van der Waals surface area contributed by atoms with E-state index in [1.165, 1.54) is 30.3 Å². The monoisotopic (exact) mass is 472 g/mol. The highest BCUT2D eigenvalue weighted by molar-refractivity contribution is 6.00. The summed E-state index contributed by atoms with van der Waals surface area (Å²) in [7, 11) is 1.34. The Morgan fingerprint density at radius 1 is 1.26 bits per heavy atom. The first kappa shape index (κ1) is 16.3. The Hall–Kier alpha value is -4.29. The molecule has 0 atom stereocenters. The molecule has 2 N–H and O–H groups in total. The number of ether oxygens (including phenoxy) is 1. The summed E-state index contributed by atoms with van der Waals surface area (Å²) in [5, 5.41) is 16.7. The standard InChI is InChI=1S/C21H26N10O3/c1-12(2)30-8-9-31(21(30)33)15-10-14(16(27-26-15)20(32)22-3)25-19-17(34-5)13(6-7-23-19)18-24-11-29(4)28-18/h6-7,10-12H,8-9H2,1-5H3,(H,22,32)(H,23,25,26)/i3D3,4D3. The molecule has 3 amide bonds. The number of anilines is 3. The van der Waals surface area contributed by atoms with Gasteiger partial charge in [-0.05, 0) is 19.9 Å². The van der Waals surface area contributed by atoms with Crippen LogP contribution in [0, 0.1) is 0 Å². The molecule has 3 aromatic rings. The summed E-state index contributed by atoms with van der Waals surface area (Å²) in [6, 6.07) is 2.53. The van der Waals surface area contributed by atoms with Crippen LogP contribution in [0.15, 0.2) is 24.7 Å². The van der Waals surface area contributed by atoms with Crippen LogP contribution in [0.25, 0.3) is 11.4 Å². The second-order valence-corrected chi connectivity index (χ2v) is 7.52. The number of pyridine rings is 1. The molecule has 1 aliphatic heterocycles. The van der Waals surface area contributed by atoms with Gasteiger partial charge in [-0.3, -0.25) is 14.4 Å². The lowest BCUT2D eigenvalue weighted by Crippen LogP contribution is -2.36. The van der Waals surface area contributed by atoms with Gasteiger partial charge in [0.25, 0.3) is 5.91 Å². The van der Waals surface area contributed by atoms with Gasteiger partial charge in [0.05, 0.1) is 18.4 Å². The fraction of sp³-hybridized carbons (Fsp3) is 0.381. The lowest BCUT2D eigenvalue weighted by atomic mass is 10.2. The SMILES string of the molecule is [2H]C([2H])([2H])NC(=O)c1nnc(N2CCN(C(C)C)C2=O)cc1Nc1nccc(-c2ncn(C([2H])([2H])[2H])n2)c1OC. The summed E-state index contributed by atoms with van der Waals surface area (Å²) >= 11 is 0. The summed E-state index contributed by atoms with van der Waals surface area (Å²) in [4.78, 5) is 37.1. The van der Waals surface area contributed by atoms with Gasteiger partial charge in [0.15, 0.2) is 28.9 Å². The Morgan fingerprint density at radius 2 is 2.12 bits per heavy atom. The van der Waals surface area contributed by atoms with Crippen molar-refractivity contribution in [2.75, 3.05) is 37.4 Å². The molecule has 13 nitrogen and oxygen atoms in total. The molecule has 4 heterocycles. The van der Waals surface area contributed by atoms with Crippen LogP contribution in [0.4, 0.5) is 22.1 Å². The number of nitrogens with zero attached hydrogens (tertiary/aromatic N) is 8. The molecule has 34 heavy (non-hydrogen) atoms. The van der Waals surface area contributed by atoms with Gasteiger partial charge in [-0.1, -0.05) is 0 Å². The largest absolute Gasteiger partial charge is 0.492 e. The molecule has 13 heteroatoms. The third-order valence-electron chi connectivity index (χ3n) is 5.15. The topological polar surface area (TPSA) is 143 Å². The lowest BCUT2D eigenvalue weighted by molar-refractivity contribution is 0.0958. The van der Waals surface area contributed by atoms with E-state index in [2.05, 4.69) is 30.6 Å². The van der Waals surface area contributed by atoms with E-state index in [0.29, 0.717) is 13.1 Å². The molecule has 0 spiro atoms. The molecular formula is C21H26N10O3. The van der Waals surface area contributed by atoms with Crippen LogP contribution in [0.5, 0.6) is 5.75 Å². The molecule has 1 saturated heterocycles. The summed E-state index contributed by atoms with van der Waals surface area (Å²) in [6.07, 6.45) is 2.43. The van der Waals surface area contributed by atoms with E-state index in [4.69, 9.17) is 13.0 Å². The first-order valence-corrected chi connectivity index (χ1v) is 10.2. The van der Waals surface area contributed by atoms with Gasteiger partial charge in [-0.2, -0.15) is 5.10 Å². The van der Waals surface area contributed by atoms with Crippen molar-refractivity contribution in [2.45, 2.75) is 19.9 Å². The minimum Gasteiger partial charge on any atom is -0.492 e. The van der Waals surface area contributed by atoms with Gasteiger partial charge in [-0.25, -0.2) is 14.8 Å². The first-order chi connectivity index (χ1) is 18.7.